The van der Waals surface area contributed by atoms with Crippen molar-refractivity contribution in [3.05, 3.63) is 18.0 Å². The van der Waals surface area contributed by atoms with Crippen LogP contribution in [0.3, 0.4) is 0 Å². The predicted octanol–water partition coefficient (Wildman–Crippen LogP) is 8.22. The third-order valence-corrected chi connectivity index (χ3v) is 11.5. The number of rotatable bonds is 10. The first-order valence-electron chi connectivity index (χ1n) is 15.0. The fourth-order valence-electron chi connectivity index (χ4n) is 9.35. The molecule has 3 nitrogen and oxygen atoms in total. The van der Waals surface area contributed by atoms with Crippen LogP contribution in [0.15, 0.2) is 12.4 Å². The molecule has 3 heteroatoms. The Hall–Kier alpha value is -0.830. The molecule has 3 aliphatic rings. The first-order chi connectivity index (χ1) is 16.3. The van der Waals surface area contributed by atoms with Crippen LogP contribution in [0.5, 0.6) is 0 Å². The molecule has 4 rings (SSSR count). The molecule has 0 saturated heterocycles. The Morgan fingerprint density at radius 3 is 2.56 bits per heavy atom. The first kappa shape index (κ1) is 26.2. The van der Waals surface area contributed by atoms with E-state index in [0.717, 1.165) is 30.1 Å². The van der Waals surface area contributed by atoms with Crippen molar-refractivity contribution in [2.24, 2.45) is 40.4 Å². The van der Waals surface area contributed by atoms with Crippen molar-refractivity contribution in [3.8, 4) is 0 Å². The molecule has 3 aliphatic carbocycles. The summed E-state index contributed by atoms with van der Waals surface area (Å²) in [6.07, 6.45) is 20.1. The van der Waals surface area contributed by atoms with E-state index in [9.17, 15) is 5.11 Å². The number of unbranched alkanes of at least 4 members (excludes halogenated alkanes) is 1. The van der Waals surface area contributed by atoms with Gasteiger partial charge in [0, 0.05) is 6.20 Å². The number of aromatic nitrogens is 2. The van der Waals surface area contributed by atoms with Crippen LogP contribution in [-0.4, -0.2) is 21.0 Å². The molecule has 0 radical (unpaired) electrons. The minimum Gasteiger partial charge on any atom is -0.391 e. The van der Waals surface area contributed by atoms with Gasteiger partial charge in [-0.2, -0.15) is 5.10 Å². The second-order valence-corrected chi connectivity index (χ2v) is 13.1. The maximum atomic E-state index is 11.5. The van der Waals surface area contributed by atoms with Crippen molar-refractivity contribution in [2.75, 3.05) is 0 Å². The third kappa shape index (κ3) is 4.64. The van der Waals surface area contributed by atoms with Crippen LogP contribution in [0, 0.1) is 40.4 Å². The van der Waals surface area contributed by atoms with Gasteiger partial charge in [0.25, 0.3) is 0 Å². The van der Waals surface area contributed by atoms with Gasteiger partial charge in [0.2, 0.25) is 0 Å². The van der Waals surface area contributed by atoms with E-state index >= 15 is 0 Å². The Kier molecular flexibility index (Phi) is 8.22. The Bertz CT molecular complexity index is 788. The molecular weight excluding hydrogens is 416 g/mol. The van der Waals surface area contributed by atoms with Crippen molar-refractivity contribution in [2.45, 2.75) is 137 Å². The van der Waals surface area contributed by atoms with E-state index in [1.165, 1.54) is 76.2 Å². The Labute approximate surface area is 210 Å². The highest BCUT2D eigenvalue weighted by Crippen LogP contribution is 2.67. The summed E-state index contributed by atoms with van der Waals surface area (Å²) < 4.78 is 2.02. The molecule has 1 aromatic heterocycles. The summed E-state index contributed by atoms with van der Waals surface area (Å²) in [5, 5.41) is 16.1. The topological polar surface area (TPSA) is 38.0 Å². The minimum absolute atomic E-state index is 0.279. The fraction of sp³-hybridized carbons (Fsp3) is 0.903. The summed E-state index contributed by atoms with van der Waals surface area (Å²) in [5.74, 6) is 4.49. The van der Waals surface area contributed by atoms with E-state index in [1.54, 1.807) is 0 Å². The number of fused-ring (bicyclic) bond motifs is 3. The molecular formula is C31H54N2O. The van der Waals surface area contributed by atoms with Gasteiger partial charge in [0.1, 0.15) is 0 Å². The molecule has 0 bridgehead atoms. The van der Waals surface area contributed by atoms with E-state index in [0.29, 0.717) is 29.2 Å². The Morgan fingerprint density at radius 1 is 1.06 bits per heavy atom. The highest BCUT2D eigenvalue weighted by atomic mass is 16.3. The highest BCUT2D eigenvalue weighted by Gasteiger charge is 2.60. The molecule has 0 aromatic carbocycles. The predicted molar refractivity (Wildman–Crippen MR) is 143 cm³/mol. The van der Waals surface area contributed by atoms with Gasteiger partial charge in [0.15, 0.2) is 0 Å². The van der Waals surface area contributed by atoms with Crippen molar-refractivity contribution < 1.29 is 5.11 Å². The molecule has 1 N–H and O–H groups in total. The number of aliphatic hydroxyl groups excluding tert-OH is 1. The standard InChI is InChI=1S/C31H54N2O/c1-7-10-11-24-12-13-25-26-14-15-28(29(34)21-33-20-23(19-32-33)22(4)9-3)31(26,6)18-16-27(25)30(24,5)17-8-2/h19-20,22,24-29,34H,7-18,21H2,1-6H3. The molecule has 9 unspecified atom stereocenters. The number of hydrogen-bond donors (Lipinski definition) is 1. The van der Waals surface area contributed by atoms with Crippen LogP contribution >= 0.6 is 0 Å². The maximum Gasteiger partial charge on any atom is 0.0769 e. The van der Waals surface area contributed by atoms with Crippen molar-refractivity contribution in [3.63, 3.8) is 0 Å². The monoisotopic (exact) mass is 470 g/mol. The highest BCUT2D eigenvalue weighted by molar-refractivity contribution is 5.11. The largest absolute Gasteiger partial charge is 0.391 e. The van der Waals surface area contributed by atoms with Crippen LogP contribution < -0.4 is 0 Å². The average molecular weight is 471 g/mol. The Morgan fingerprint density at radius 2 is 1.85 bits per heavy atom. The number of nitrogens with zero attached hydrogens (tertiary/aromatic N) is 2. The van der Waals surface area contributed by atoms with E-state index in [-0.39, 0.29) is 6.10 Å². The van der Waals surface area contributed by atoms with Crippen LogP contribution in [0.25, 0.3) is 0 Å². The van der Waals surface area contributed by atoms with Gasteiger partial charge in [-0.25, -0.2) is 0 Å². The van der Waals surface area contributed by atoms with Crippen LogP contribution in [0.1, 0.15) is 130 Å². The molecule has 34 heavy (non-hydrogen) atoms. The quantitative estimate of drug-likeness (QED) is 0.374. The minimum atomic E-state index is -0.279. The normalized spacial score (nSPS) is 39.4. The zero-order valence-electron chi connectivity index (χ0n) is 23.2. The molecule has 3 saturated carbocycles. The second kappa shape index (κ2) is 10.7. The summed E-state index contributed by atoms with van der Waals surface area (Å²) in [5.41, 5.74) is 2.14. The van der Waals surface area contributed by atoms with E-state index in [4.69, 9.17) is 0 Å². The second-order valence-electron chi connectivity index (χ2n) is 13.1. The smallest absolute Gasteiger partial charge is 0.0769 e. The van der Waals surface area contributed by atoms with Crippen LogP contribution in [0.2, 0.25) is 0 Å². The summed E-state index contributed by atoms with van der Waals surface area (Å²) in [7, 11) is 0. The summed E-state index contributed by atoms with van der Waals surface area (Å²) in [6.45, 7) is 15.2. The van der Waals surface area contributed by atoms with Crippen LogP contribution in [0.4, 0.5) is 0 Å². The van der Waals surface area contributed by atoms with E-state index in [1.807, 2.05) is 10.9 Å². The molecule has 0 spiro atoms. The third-order valence-electron chi connectivity index (χ3n) is 11.5. The lowest BCUT2D eigenvalue weighted by Crippen LogP contribution is -2.53. The van der Waals surface area contributed by atoms with E-state index < -0.39 is 0 Å². The lowest BCUT2D eigenvalue weighted by Gasteiger charge is -2.59. The summed E-state index contributed by atoms with van der Waals surface area (Å²) in [6, 6.07) is 0. The van der Waals surface area contributed by atoms with Crippen molar-refractivity contribution >= 4 is 0 Å². The number of aliphatic hydroxyl groups is 1. The maximum absolute atomic E-state index is 11.5. The lowest BCUT2D eigenvalue weighted by molar-refractivity contribution is -0.113. The average Bonchev–Trinajstić information content (AvgIpc) is 3.42. The van der Waals surface area contributed by atoms with Crippen molar-refractivity contribution in [1.29, 1.82) is 0 Å². The number of hydrogen-bond acceptors (Lipinski definition) is 2. The first-order valence-corrected chi connectivity index (χ1v) is 15.0. The van der Waals surface area contributed by atoms with Gasteiger partial charge in [0.05, 0.1) is 18.8 Å². The molecule has 9 atom stereocenters. The molecule has 194 valence electrons. The molecule has 1 heterocycles. The van der Waals surface area contributed by atoms with Crippen molar-refractivity contribution in [1.82, 2.24) is 9.78 Å². The summed E-state index contributed by atoms with van der Waals surface area (Å²) in [4.78, 5) is 0. The molecule has 0 aliphatic heterocycles. The van der Waals surface area contributed by atoms with Gasteiger partial charge in [-0.15, -0.1) is 0 Å². The molecule has 3 fully saturated rings. The zero-order chi connectivity index (χ0) is 24.5. The Balaban J connectivity index is 1.48. The van der Waals surface area contributed by atoms with E-state index in [2.05, 4.69) is 52.8 Å². The fourth-order valence-corrected chi connectivity index (χ4v) is 9.35. The molecule has 1 aromatic rings. The summed E-state index contributed by atoms with van der Waals surface area (Å²) >= 11 is 0. The lowest BCUT2D eigenvalue weighted by atomic mass is 9.45. The van der Waals surface area contributed by atoms with Gasteiger partial charge in [-0.3, -0.25) is 4.68 Å². The zero-order valence-corrected chi connectivity index (χ0v) is 23.2. The van der Waals surface area contributed by atoms with Gasteiger partial charge in [-0.05, 0) is 110 Å². The van der Waals surface area contributed by atoms with Gasteiger partial charge < -0.3 is 5.11 Å². The molecule has 0 amide bonds. The van der Waals surface area contributed by atoms with Crippen LogP contribution in [-0.2, 0) is 6.54 Å². The SMILES string of the molecule is CCCCC1CCC2C(CCC3(C)C(C(O)Cn4cc(C(C)CC)cn4)CCC23)C1(C)CCC. The van der Waals surface area contributed by atoms with Gasteiger partial charge >= 0.3 is 0 Å². The van der Waals surface area contributed by atoms with Gasteiger partial charge in [-0.1, -0.05) is 60.8 Å².